The molecule has 2 heterocycles. The number of halogens is 1. The summed E-state index contributed by atoms with van der Waals surface area (Å²) in [5, 5.41) is 9.38. The lowest BCUT2D eigenvalue weighted by molar-refractivity contribution is 0.602. The molecule has 5 aromatic rings. The number of imidazole rings is 1. The zero-order valence-electron chi connectivity index (χ0n) is 20.8. The quantitative estimate of drug-likeness (QED) is 0.274. The summed E-state index contributed by atoms with van der Waals surface area (Å²) >= 11 is 6.04. The van der Waals surface area contributed by atoms with Crippen LogP contribution >= 0.6 is 11.6 Å². The zero-order chi connectivity index (χ0) is 26.2. The highest BCUT2D eigenvalue weighted by molar-refractivity contribution is 7.90. The van der Waals surface area contributed by atoms with Crippen LogP contribution in [0.4, 0.5) is 0 Å². The predicted molar refractivity (Wildman–Crippen MR) is 145 cm³/mol. The van der Waals surface area contributed by atoms with Crippen molar-refractivity contribution in [2.75, 3.05) is 6.26 Å². The van der Waals surface area contributed by atoms with Gasteiger partial charge in [0.1, 0.15) is 5.82 Å². The standard InChI is InChI=1S/C28H26ClN5O2S/c1-19-18-33(20(2)31-19)27-14-10-23(22-5-4-6-26(15-22)37(3,35)36)16-28(27)34-25(17-30-32-34)13-9-21-7-11-24(29)12-8-21/h4-8,10-12,14-18H,9,13H2,1-3H3. The van der Waals surface area contributed by atoms with E-state index in [1.54, 1.807) is 24.4 Å². The molecule has 0 fully saturated rings. The highest BCUT2D eigenvalue weighted by Gasteiger charge is 2.17. The van der Waals surface area contributed by atoms with E-state index in [2.05, 4.69) is 15.3 Å². The summed E-state index contributed by atoms with van der Waals surface area (Å²) in [6.07, 6.45) is 6.52. The van der Waals surface area contributed by atoms with Crippen LogP contribution in [0.3, 0.4) is 0 Å². The predicted octanol–water partition coefficient (Wildman–Crippen LogP) is 5.58. The molecule has 0 N–H and O–H groups in total. The molecule has 7 nitrogen and oxygen atoms in total. The normalized spacial score (nSPS) is 11.7. The smallest absolute Gasteiger partial charge is 0.175 e. The first kappa shape index (κ1) is 24.9. The van der Waals surface area contributed by atoms with Gasteiger partial charge >= 0.3 is 0 Å². The zero-order valence-corrected chi connectivity index (χ0v) is 22.3. The van der Waals surface area contributed by atoms with Crippen molar-refractivity contribution in [2.24, 2.45) is 0 Å². The van der Waals surface area contributed by atoms with Gasteiger partial charge in [0.05, 0.1) is 33.9 Å². The van der Waals surface area contributed by atoms with Crippen molar-refractivity contribution in [3.8, 4) is 22.5 Å². The summed E-state index contributed by atoms with van der Waals surface area (Å²) in [7, 11) is -3.33. The average Bonchev–Trinajstić information content (AvgIpc) is 3.48. The first-order chi connectivity index (χ1) is 17.7. The molecule has 0 bridgehead atoms. The van der Waals surface area contributed by atoms with E-state index in [0.717, 1.165) is 52.6 Å². The fraction of sp³-hybridized carbons (Fsp3) is 0.179. The van der Waals surface area contributed by atoms with Crippen molar-refractivity contribution in [1.82, 2.24) is 24.5 Å². The van der Waals surface area contributed by atoms with Gasteiger partial charge in [-0.2, -0.15) is 0 Å². The second-order valence-electron chi connectivity index (χ2n) is 9.07. The van der Waals surface area contributed by atoms with Gasteiger partial charge in [-0.05, 0) is 79.8 Å². The lowest BCUT2D eigenvalue weighted by atomic mass is 10.0. The summed E-state index contributed by atoms with van der Waals surface area (Å²) in [5.74, 6) is 0.855. The first-order valence-electron chi connectivity index (χ1n) is 11.8. The lowest BCUT2D eigenvalue weighted by Crippen LogP contribution is -2.09. The van der Waals surface area contributed by atoms with Gasteiger partial charge in [0, 0.05) is 17.5 Å². The molecule has 2 aromatic heterocycles. The van der Waals surface area contributed by atoms with E-state index >= 15 is 0 Å². The maximum atomic E-state index is 12.2. The number of hydrogen-bond acceptors (Lipinski definition) is 5. The minimum Gasteiger partial charge on any atom is -0.302 e. The molecule has 9 heteroatoms. The fourth-order valence-electron chi connectivity index (χ4n) is 4.40. The molecule has 0 aliphatic rings. The number of nitrogens with zero attached hydrogens (tertiary/aromatic N) is 5. The van der Waals surface area contributed by atoms with Crippen molar-refractivity contribution in [1.29, 1.82) is 0 Å². The third kappa shape index (κ3) is 5.35. The van der Waals surface area contributed by atoms with Crippen molar-refractivity contribution in [2.45, 2.75) is 31.6 Å². The Morgan fingerprint density at radius 1 is 0.892 bits per heavy atom. The molecule has 0 spiro atoms. The highest BCUT2D eigenvalue weighted by atomic mass is 35.5. The van der Waals surface area contributed by atoms with Gasteiger partial charge in [-0.1, -0.05) is 47.1 Å². The molecule has 0 radical (unpaired) electrons. The largest absolute Gasteiger partial charge is 0.302 e. The Morgan fingerprint density at radius 3 is 2.35 bits per heavy atom. The summed E-state index contributed by atoms with van der Waals surface area (Å²) in [6.45, 7) is 3.92. The molecule has 37 heavy (non-hydrogen) atoms. The monoisotopic (exact) mass is 531 g/mol. The molecule has 0 saturated carbocycles. The minimum absolute atomic E-state index is 0.279. The lowest BCUT2D eigenvalue weighted by Gasteiger charge is -2.16. The van der Waals surface area contributed by atoms with Crippen LogP contribution < -0.4 is 0 Å². The fourth-order valence-corrected chi connectivity index (χ4v) is 5.19. The molecule has 0 amide bonds. The van der Waals surface area contributed by atoms with E-state index in [9.17, 15) is 8.42 Å². The summed E-state index contributed by atoms with van der Waals surface area (Å²) < 4.78 is 28.2. The highest BCUT2D eigenvalue weighted by Crippen LogP contribution is 2.30. The van der Waals surface area contributed by atoms with Crippen LogP contribution in [0.2, 0.25) is 5.02 Å². The Balaban J connectivity index is 1.61. The van der Waals surface area contributed by atoms with E-state index in [-0.39, 0.29) is 4.90 Å². The Bertz CT molecular complexity index is 1690. The van der Waals surface area contributed by atoms with Gasteiger partial charge < -0.3 is 4.57 Å². The topological polar surface area (TPSA) is 82.7 Å². The van der Waals surface area contributed by atoms with Crippen molar-refractivity contribution >= 4 is 21.4 Å². The van der Waals surface area contributed by atoms with Crippen LogP contribution in [-0.4, -0.2) is 39.2 Å². The van der Waals surface area contributed by atoms with Crippen LogP contribution in [0.5, 0.6) is 0 Å². The molecule has 3 aromatic carbocycles. The van der Waals surface area contributed by atoms with E-state index in [0.29, 0.717) is 5.02 Å². The average molecular weight is 532 g/mol. The summed E-state index contributed by atoms with van der Waals surface area (Å²) in [5.41, 5.74) is 6.44. The maximum Gasteiger partial charge on any atom is 0.175 e. The second kappa shape index (κ2) is 9.95. The Hall–Kier alpha value is -3.75. The molecule has 188 valence electrons. The number of rotatable bonds is 7. The Labute approximate surface area is 221 Å². The van der Waals surface area contributed by atoms with Crippen LogP contribution in [0, 0.1) is 13.8 Å². The molecule has 0 aliphatic heterocycles. The van der Waals surface area contributed by atoms with Gasteiger partial charge in [0.15, 0.2) is 9.84 Å². The molecular weight excluding hydrogens is 506 g/mol. The van der Waals surface area contributed by atoms with Crippen LogP contribution in [0.15, 0.2) is 84.0 Å². The van der Waals surface area contributed by atoms with Gasteiger partial charge in [0.2, 0.25) is 0 Å². The van der Waals surface area contributed by atoms with Crippen LogP contribution in [0.1, 0.15) is 22.8 Å². The number of sulfone groups is 1. The van der Waals surface area contributed by atoms with Crippen molar-refractivity contribution in [3.63, 3.8) is 0 Å². The number of benzene rings is 3. The van der Waals surface area contributed by atoms with Crippen molar-refractivity contribution < 1.29 is 8.42 Å². The Kier molecular flexibility index (Phi) is 6.70. The van der Waals surface area contributed by atoms with Crippen LogP contribution in [-0.2, 0) is 22.7 Å². The molecule has 0 saturated heterocycles. The number of aryl methyl sites for hydroxylation is 4. The van der Waals surface area contributed by atoms with E-state index in [4.69, 9.17) is 11.6 Å². The molecule has 5 rings (SSSR count). The molecule has 0 aliphatic carbocycles. The molecule has 0 atom stereocenters. The number of hydrogen-bond donors (Lipinski definition) is 0. The van der Waals surface area contributed by atoms with Crippen LogP contribution in [0.25, 0.3) is 22.5 Å². The SMILES string of the molecule is Cc1cn(-c2ccc(-c3cccc(S(C)(=O)=O)c3)cc2-n2nncc2CCc2ccc(Cl)cc2)c(C)n1. The van der Waals surface area contributed by atoms with Gasteiger partial charge in [-0.15, -0.1) is 5.10 Å². The third-order valence-electron chi connectivity index (χ3n) is 6.26. The van der Waals surface area contributed by atoms with Gasteiger partial charge in [-0.3, -0.25) is 0 Å². The van der Waals surface area contributed by atoms with Crippen molar-refractivity contribution in [3.05, 3.63) is 107 Å². The van der Waals surface area contributed by atoms with Gasteiger partial charge in [0.25, 0.3) is 0 Å². The maximum absolute atomic E-state index is 12.2. The Morgan fingerprint density at radius 2 is 1.65 bits per heavy atom. The molecule has 0 unspecified atom stereocenters. The minimum atomic E-state index is -3.33. The van der Waals surface area contributed by atoms with E-state index < -0.39 is 9.84 Å². The van der Waals surface area contributed by atoms with E-state index in [1.165, 1.54) is 11.8 Å². The second-order valence-corrected chi connectivity index (χ2v) is 11.5. The third-order valence-corrected chi connectivity index (χ3v) is 7.63. The number of aromatic nitrogens is 5. The van der Waals surface area contributed by atoms with E-state index in [1.807, 2.05) is 77.8 Å². The first-order valence-corrected chi connectivity index (χ1v) is 14.1. The summed E-state index contributed by atoms with van der Waals surface area (Å²) in [4.78, 5) is 4.85. The molecular formula is C28H26ClN5O2S. The summed E-state index contributed by atoms with van der Waals surface area (Å²) in [6, 6.07) is 20.8. The van der Waals surface area contributed by atoms with Gasteiger partial charge in [-0.25, -0.2) is 18.1 Å².